The first kappa shape index (κ1) is 27.2. The van der Waals surface area contributed by atoms with E-state index < -0.39 is 11.9 Å². The van der Waals surface area contributed by atoms with E-state index in [9.17, 15) is 9.59 Å². The molecule has 0 fully saturated rings. The van der Waals surface area contributed by atoms with Crippen LogP contribution in [0.5, 0.6) is 0 Å². The van der Waals surface area contributed by atoms with Crippen molar-refractivity contribution in [3.8, 4) is 17.5 Å². The third-order valence-electron chi connectivity index (χ3n) is 8.15. The number of nitrogens with one attached hydrogen (secondary N) is 1. The topological polar surface area (TPSA) is 125 Å². The molecule has 0 saturated carbocycles. The molecule has 0 aliphatic heterocycles. The Balaban J connectivity index is 1.45. The summed E-state index contributed by atoms with van der Waals surface area (Å²) in [6.45, 7) is 1.90. The number of nitrogen functional groups attached to an aromatic ring is 1. The molecule has 1 aliphatic carbocycles. The van der Waals surface area contributed by atoms with E-state index in [-0.39, 0.29) is 16.9 Å². The van der Waals surface area contributed by atoms with Crippen LogP contribution in [0.4, 0.5) is 5.82 Å². The Bertz CT molecular complexity index is 2200. The van der Waals surface area contributed by atoms with Gasteiger partial charge in [0.1, 0.15) is 5.56 Å². The molecule has 4 aromatic heterocycles. The zero-order valence-electron chi connectivity index (χ0n) is 24.4. The number of carbonyl (C=O) groups is 1. The summed E-state index contributed by atoms with van der Waals surface area (Å²) in [6.07, 6.45) is 10.4. The van der Waals surface area contributed by atoms with Crippen molar-refractivity contribution in [2.24, 2.45) is 7.05 Å². The highest BCUT2D eigenvalue weighted by Crippen LogP contribution is 2.35. The summed E-state index contributed by atoms with van der Waals surface area (Å²) < 4.78 is 4.93. The Labute approximate surface area is 253 Å². The highest BCUT2D eigenvalue weighted by Gasteiger charge is 2.28. The minimum atomic E-state index is -0.552. The van der Waals surface area contributed by atoms with Gasteiger partial charge in [0, 0.05) is 36.9 Å². The van der Waals surface area contributed by atoms with E-state index in [2.05, 4.69) is 38.4 Å². The van der Waals surface area contributed by atoms with E-state index in [1.54, 1.807) is 33.9 Å². The first-order valence-corrected chi connectivity index (χ1v) is 14.6. The van der Waals surface area contributed by atoms with Gasteiger partial charge in [0.15, 0.2) is 11.5 Å². The van der Waals surface area contributed by atoms with Crippen LogP contribution in [0.15, 0.2) is 78.1 Å². The van der Waals surface area contributed by atoms with Crippen LogP contribution in [0.25, 0.3) is 22.1 Å². The van der Waals surface area contributed by atoms with Gasteiger partial charge in [-0.25, -0.2) is 9.50 Å². The number of amides is 1. The second-order valence-corrected chi connectivity index (χ2v) is 11.1. The monoisotopic (exact) mass is 582 g/mol. The molecule has 3 N–H and O–H groups in total. The SMILES string of the molecule is C[C@H](NC(=O)c1c(N)nn2cccnc12)c1c2c3c(ccc(C#Cc4cnn(C)c4)c3c(=O)n1-c1ccccc1)CCCC2. The molecule has 1 aliphatic rings. The Hall–Kier alpha value is -5.69. The van der Waals surface area contributed by atoms with Crippen LogP contribution in [-0.4, -0.2) is 34.9 Å². The number of aryl methyl sites for hydroxylation is 3. The minimum absolute atomic E-state index is 0.0876. The van der Waals surface area contributed by atoms with Crippen molar-refractivity contribution in [2.45, 2.75) is 38.6 Å². The van der Waals surface area contributed by atoms with Gasteiger partial charge in [-0.05, 0) is 73.4 Å². The van der Waals surface area contributed by atoms with Gasteiger partial charge in [-0.2, -0.15) is 5.10 Å². The van der Waals surface area contributed by atoms with Crippen molar-refractivity contribution < 1.29 is 4.79 Å². The molecule has 0 unspecified atom stereocenters. The van der Waals surface area contributed by atoms with E-state index in [0.29, 0.717) is 22.3 Å². The maximum Gasteiger partial charge on any atom is 0.264 e. The number of fused-ring (bicyclic) bond motifs is 1. The van der Waals surface area contributed by atoms with Crippen molar-refractivity contribution in [3.05, 3.63) is 117 Å². The van der Waals surface area contributed by atoms with Crippen molar-refractivity contribution in [3.63, 3.8) is 0 Å². The van der Waals surface area contributed by atoms with E-state index in [1.165, 1.54) is 4.52 Å². The second kappa shape index (κ2) is 10.9. The largest absolute Gasteiger partial charge is 0.381 e. The predicted molar refractivity (Wildman–Crippen MR) is 169 cm³/mol. The van der Waals surface area contributed by atoms with Crippen LogP contribution in [0.3, 0.4) is 0 Å². The average molecular weight is 583 g/mol. The molecule has 0 bridgehead atoms. The number of para-hydroxylation sites is 1. The molecule has 7 rings (SSSR count). The van der Waals surface area contributed by atoms with Gasteiger partial charge in [-0.3, -0.25) is 18.8 Å². The van der Waals surface area contributed by atoms with Gasteiger partial charge in [0.05, 0.1) is 28.9 Å². The van der Waals surface area contributed by atoms with Crippen LogP contribution < -0.4 is 16.6 Å². The molecule has 1 atom stereocenters. The number of pyridine rings is 1. The maximum atomic E-state index is 14.7. The standard InChI is InChI=1S/C34H30N8O2/c1-21(38-33(43)29-31(35)39-41-18-8-17-36-32(29)41)30-26-12-7-6-9-23-15-16-24(14-13-22-19-37-40(2)20-22)28(27(23)26)34(44)42(30)25-10-4-3-5-11-25/h3-5,8,10-11,15-21H,6-7,9,12H2,1-2H3,(H2,35,39)(H,38,43)/t21-/m0/s1. The number of anilines is 1. The number of nitrogens with two attached hydrogens (primary N) is 1. The molecule has 44 heavy (non-hydrogen) atoms. The van der Waals surface area contributed by atoms with E-state index in [1.807, 2.05) is 56.6 Å². The van der Waals surface area contributed by atoms with E-state index in [4.69, 9.17) is 5.73 Å². The number of hydrogen-bond acceptors (Lipinski definition) is 6. The van der Waals surface area contributed by atoms with Crippen LogP contribution >= 0.6 is 0 Å². The average Bonchev–Trinajstić information content (AvgIpc) is 3.52. The Morgan fingerprint density at radius 3 is 2.66 bits per heavy atom. The summed E-state index contributed by atoms with van der Waals surface area (Å²) in [5.74, 6) is 6.13. The lowest BCUT2D eigenvalue weighted by Crippen LogP contribution is -2.34. The summed E-state index contributed by atoms with van der Waals surface area (Å²) in [5, 5.41) is 13.1. The summed E-state index contributed by atoms with van der Waals surface area (Å²) >= 11 is 0. The first-order chi connectivity index (χ1) is 21.4. The molecule has 0 radical (unpaired) electrons. The third-order valence-corrected chi connectivity index (χ3v) is 8.15. The Morgan fingerprint density at radius 2 is 1.86 bits per heavy atom. The fourth-order valence-electron chi connectivity index (χ4n) is 6.25. The molecule has 1 amide bonds. The third kappa shape index (κ3) is 4.59. The van der Waals surface area contributed by atoms with E-state index >= 15 is 0 Å². The summed E-state index contributed by atoms with van der Waals surface area (Å²) in [5.41, 5.74) is 11.6. The van der Waals surface area contributed by atoms with Gasteiger partial charge < -0.3 is 11.1 Å². The van der Waals surface area contributed by atoms with Crippen LogP contribution in [0.2, 0.25) is 0 Å². The molecule has 2 aromatic carbocycles. The molecule has 218 valence electrons. The molecule has 10 heteroatoms. The lowest BCUT2D eigenvalue weighted by atomic mass is 9.92. The van der Waals surface area contributed by atoms with Crippen molar-refractivity contribution in [2.75, 3.05) is 5.73 Å². The highest BCUT2D eigenvalue weighted by atomic mass is 16.2. The Morgan fingerprint density at radius 1 is 1.05 bits per heavy atom. The van der Waals surface area contributed by atoms with Crippen molar-refractivity contribution in [1.29, 1.82) is 0 Å². The Kier molecular flexibility index (Phi) is 6.70. The maximum absolute atomic E-state index is 14.7. The molecule has 4 heterocycles. The lowest BCUT2D eigenvalue weighted by molar-refractivity contribution is 0.0941. The van der Waals surface area contributed by atoms with E-state index in [0.717, 1.165) is 53.5 Å². The molecule has 6 aromatic rings. The fourth-order valence-corrected chi connectivity index (χ4v) is 6.25. The number of nitrogens with zero attached hydrogens (tertiary/aromatic N) is 6. The lowest BCUT2D eigenvalue weighted by Gasteiger charge is -2.25. The number of benzene rings is 2. The molecular formula is C34H30N8O2. The zero-order valence-corrected chi connectivity index (χ0v) is 24.4. The normalized spacial score (nSPS) is 13.3. The van der Waals surface area contributed by atoms with Crippen LogP contribution in [0.1, 0.15) is 64.1 Å². The van der Waals surface area contributed by atoms with Gasteiger partial charge in [-0.15, -0.1) is 5.10 Å². The van der Waals surface area contributed by atoms with Crippen molar-refractivity contribution in [1.82, 2.24) is 34.3 Å². The van der Waals surface area contributed by atoms with Gasteiger partial charge in [0.25, 0.3) is 11.5 Å². The smallest absolute Gasteiger partial charge is 0.264 e. The second-order valence-electron chi connectivity index (χ2n) is 11.1. The van der Waals surface area contributed by atoms with Crippen LogP contribution in [0, 0.1) is 11.8 Å². The highest BCUT2D eigenvalue weighted by molar-refractivity contribution is 6.04. The number of hydrogen-bond donors (Lipinski definition) is 2. The zero-order chi connectivity index (χ0) is 30.4. The summed E-state index contributed by atoms with van der Waals surface area (Å²) in [7, 11) is 1.84. The van der Waals surface area contributed by atoms with Crippen molar-refractivity contribution >= 4 is 28.1 Å². The summed E-state index contributed by atoms with van der Waals surface area (Å²) in [4.78, 5) is 32.8. The van der Waals surface area contributed by atoms with Gasteiger partial charge in [-0.1, -0.05) is 36.1 Å². The predicted octanol–water partition coefficient (Wildman–Crippen LogP) is 4.12. The first-order valence-electron chi connectivity index (χ1n) is 14.6. The molecule has 0 saturated heterocycles. The van der Waals surface area contributed by atoms with Gasteiger partial charge >= 0.3 is 0 Å². The molecular weight excluding hydrogens is 552 g/mol. The summed E-state index contributed by atoms with van der Waals surface area (Å²) in [6, 6.07) is 14.8. The number of carbonyl (C=O) groups excluding carboxylic acids is 1. The van der Waals surface area contributed by atoms with Crippen LogP contribution in [-0.2, 0) is 19.9 Å². The quantitative estimate of drug-likeness (QED) is 0.301. The fraction of sp³-hybridized carbons (Fsp3) is 0.206. The number of aromatic nitrogens is 6. The molecule has 0 spiro atoms. The molecule has 10 nitrogen and oxygen atoms in total. The number of rotatable bonds is 4. The van der Waals surface area contributed by atoms with Gasteiger partial charge in [0.2, 0.25) is 0 Å². The minimum Gasteiger partial charge on any atom is -0.381 e.